The number of methoxy groups -OCH3 is 1. The molecule has 0 aromatic heterocycles. The summed E-state index contributed by atoms with van der Waals surface area (Å²) in [4.78, 5) is 10.5. The van der Waals surface area contributed by atoms with Gasteiger partial charge in [-0.2, -0.15) is 8.78 Å². The number of carboxylic acids is 1. The van der Waals surface area contributed by atoms with Gasteiger partial charge in [-0.05, 0) is 18.6 Å². The van der Waals surface area contributed by atoms with E-state index in [4.69, 9.17) is 9.84 Å². The highest BCUT2D eigenvalue weighted by molar-refractivity contribution is 5.67. The minimum absolute atomic E-state index is 0.0550. The van der Waals surface area contributed by atoms with Gasteiger partial charge < -0.3 is 14.6 Å². The minimum atomic E-state index is -2.95. The van der Waals surface area contributed by atoms with Crippen LogP contribution in [0.2, 0.25) is 0 Å². The molecule has 1 aromatic carbocycles. The highest BCUT2D eigenvalue weighted by Crippen LogP contribution is 2.30. The molecule has 0 saturated carbocycles. The van der Waals surface area contributed by atoms with Crippen molar-refractivity contribution in [2.45, 2.75) is 19.5 Å². The Morgan fingerprint density at radius 2 is 2.06 bits per heavy atom. The molecule has 0 fully saturated rings. The molecule has 0 aliphatic rings. The number of benzene rings is 1. The van der Waals surface area contributed by atoms with Crippen LogP contribution < -0.4 is 9.47 Å². The second-order valence-corrected chi connectivity index (χ2v) is 3.21. The van der Waals surface area contributed by atoms with E-state index in [1.807, 2.05) is 0 Å². The Morgan fingerprint density at radius 1 is 1.41 bits per heavy atom. The Kier molecular flexibility index (Phi) is 4.68. The van der Waals surface area contributed by atoms with Crippen LogP contribution in [0.5, 0.6) is 11.5 Å². The van der Waals surface area contributed by atoms with Gasteiger partial charge in [0.15, 0.2) is 0 Å². The zero-order valence-corrected chi connectivity index (χ0v) is 9.15. The van der Waals surface area contributed by atoms with Gasteiger partial charge in [0.05, 0.1) is 7.11 Å². The van der Waals surface area contributed by atoms with Crippen LogP contribution in [0, 0.1) is 0 Å². The van der Waals surface area contributed by atoms with Gasteiger partial charge in [-0.3, -0.25) is 4.79 Å². The molecule has 0 amide bonds. The van der Waals surface area contributed by atoms with Crippen LogP contribution in [0.15, 0.2) is 18.2 Å². The van der Waals surface area contributed by atoms with Crippen LogP contribution >= 0.6 is 0 Å². The van der Waals surface area contributed by atoms with E-state index in [2.05, 4.69) is 4.74 Å². The molecular weight excluding hydrogens is 234 g/mol. The van der Waals surface area contributed by atoms with E-state index in [9.17, 15) is 13.6 Å². The van der Waals surface area contributed by atoms with Gasteiger partial charge in [0.25, 0.3) is 0 Å². The summed E-state index contributed by atoms with van der Waals surface area (Å²) < 4.78 is 33.6. The van der Waals surface area contributed by atoms with Crippen LogP contribution in [0.1, 0.15) is 12.0 Å². The number of rotatable bonds is 6. The van der Waals surface area contributed by atoms with Crippen LogP contribution in [0.3, 0.4) is 0 Å². The molecule has 0 aliphatic carbocycles. The minimum Gasteiger partial charge on any atom is -0.496 e. The number of alkyl halides is 2. The van der Waals surface area contributed by atoms with Gasteiger partial charge >= 0.3 is 12.6 Å². The zero-order valence-electron chi connectivity index (χ0n) is 9.15. The maximum Gasteiger partial charge on any atom is 0.387 e. The third kappa shape index (κ3) is 3.90. The number of carbonyl (C=O) groups is 1. The molecule has 0 radical (unpaired) electrons. The van der Waals surface area contributed by atoms with E-state index >= 15 is 0 Å². The number of ether oxygens (including phenoxy) is 2. The fraction of sp³-hybridized carbons (Fsp3) is 0.364. The van der Waals surface area contributed by atoms with Crippen LogP contribution in [-0.2, 0) is 11.2 Å². The molecule has 17 heavy (non-hydrogen) atoms. The summed E-state index contributed by atoms with van der Waals surface area (Å²) in [5, 5.41) is 8.58. The molecule has 0 unspecified atom stereocenters. The van der Waals surface area contributed by atoms with E-state index in [0.29, 0.717) is 11.3 Å². The average Bonchev–Trinajstić information content (AvgIpc) is 2.26. The first-order valence-corrected chi connectivity index (χ1v) is 4.87. The first-order chi connectivity index (χ1) is 8.04. The van der Waals surface area contributed by atoms with Crippen molar-refractivity contribution in [2.24, 2.45) is 0 Å². The van der Waals surface area contributed by atoms with Crippen molar-refractivity contribution in [1.82, 2.24) is 0 Å². The van der Waals surface area contributed by atoms with Gasteiger partial charge in [0.1, 0.15) is 11.5 Å². The van der Waals surface area contributed by atoms with Gasteiger partial charge in [-0.25, -0.2) is 0 Å². The molecule has 0 bridgehead atoms. The molecule has 94 valence electrons. The molecule has 0 spiro atoms. The van der Waals surface area contributed by atoms with Crippen molar-refractivity contribution in [1.29, 1.82) is 0 Å². The summed E-state index contributed by atoms with van der Waals surface area (Å²) in [6, 6.07) is 4.42. The van der Waals surface area contributed by atoms with Gasteiger partial charge in [-0.15, -0.1) is 0 Å². The lowest BCUT2D eigenvalue weighted by atomic mass is 10.1. The molecule has 1 aromatic rings. The van der Waals surface area contributed by atoms with Crippen LogP contribution in [0.4, 0.5) is 8.78 Å². The van der Waals surface area contributed by atoms with E-state index in [0.717, 1.165) is 0 Å². The van der Waals surface area contributed by atoms with E-state index in [-0.39, 0.29) is 18.6 Å². The first-order valence-electron chi connectivity index (χ1n) is 4.87. The molecule has 4 nitrogen and oxygen atoms in total. The second kappa shape index (κ2) is 6.03. The Hall–Kier alpha value is -1.85. The van der Waals surface area contributed by atoms with Crippen LogP contribution in [0.25, 0.3) is 0 Å². The third-order valence-corrected chi connectivity index (χ3v) is 2.11. The lowest BCUT2D eigenvalue weighted by Crippen LogP contribution is -2.07. The number of aliphatic carboxylic acids is 1. The molecular formula is C11H12F2O4. The highest BCUT2D eigenvalue weighted by atomic mass is 19.3. The van der Waals surface area contributed by atoms with Crippen LogP contribution in [-0.4, -0.2) is 24.8 Å². The SMILES string of the molecule is COc1cccc(OC(F)F)c1CCC(=O)O. The molecule has 0 atom stereocenters. The zero-order chi connectivity index (χ0) is 12.8. The average molecular weight is 246 g/mol. The molecule has 6 heteroatoms. The fourth-order valence-electron chi connectivity index (χ4n) is 1.42. The predicted octanol–water partition coefficient (Wildman–Crippen LogP) is 2.31. The quantitative estimate of drug-likeness (QED) is 0.836. The van der Waals surface area contributed by atoms with E-state index in [1.165, 1.54) is 19.2 Å². The molecule has 1 rings (SSSR count). The Morgan fingerprint density at radius 3 is 2.59 bits per heavy atom. The van der Waals surface area contributed by atoms with Crippen molar-refractivity contribution >= 4 is 5.97 Å². The van der Waals surface area contributed by atoms with E-state index < -0.39 is 12.6 Å². The second-order valence-electron chi connectivity index (χ2n) is 3.21. The predicted molar refractivity (Wildman–Crippen MR) is 55.6 cm³/mol. The number of halogens is 2. The summed E-state index contributed by atoms with van der Waals surface area (Å²) in [6.45, 7) is -2.95. The maximum atomic E-state index is 12.2. The Bertz CT molecular complexity index is 393. The topological polar surface area (TPSA) is 55.8 Å². The van der Waals surface area contributed by atoms with Crippen molar-refractivity contribution < 1.29 is 28.2 Å². The summed E-state index contributed by atoms with van der Waals surface area (Å²) >= 11 is 0. The van der Waals surface area contributed by atoms with Crippen molar-refractivity contribution in [3.63, 3.8) is 0 Å². The van der Waals surface area contributed by atoms with Crippen molar-refractivity contribution in [3.8, 4) is 11.5 Å². The lowest BCUT2D eigenvalue weighted by molar-refractivity contribution is -0.136. The summed E-state index contributed by atoms with van der Waals surface area (Å²) in [5.41, 5.74) is 0.331. The van der Waals surface area contributed by atoms with Gasteiger partial charge in [-0.1, -0.05) is 6.07 Å². The van der Waals surface area contributed by atoms with Gasteiger partial charge in [0, 0.05) is 12.0 Å². The maximum absolute atomic E-state index is 12.2. The fourth-order valence-corrected chi connectivity index (χ4v) is 1.42. The largest absolute Gasteiger partial charge is 0.496 e. The standard InChI is InChI=1S/C11H12F2O4/c1-16-8-3-2-4-9(17-11(12)13)7(8)5-6-10(14)15/h2-4,11H,5-6H2,1H3,(H,14,15). The van der Waals surface area contributed by atoms with Crippen molar-refractivity contribution in [3.05, 3.63) is 23.8 Å². The number of hydrogen-bond acceptors (Lipinski definition) is 3. The summed E-state index contributed by atoms with van der Waals surface area (Å²) in [6.07, 6.45) is -0.110. The first kappa shape index (κ1) is 13.2. The van der Waals surface area contributed by atoms with Crippen molar-refractivity contribution in [2.75, 3.05) is 7.11 Å². The molecule has 0 saturated heterocycles. The van der Waals surface area contributed by atoms with E-state index in [1.54, 1.807) is 6.07 Å². The Labute approximate surface area is 96.8 Å². The lowest BCUT2D eigenvalue weighted by Gasteiger charge is -2.13. The monoisotopic (exact) mass is 246 g/mol. The normalized spacial score (nSPS) is 10.4. The molecule has 0 heterocycles. The van der Waals surface area contributed by atoms with Gasteiger partial charge in [0.2, 0.25) is 0 Å². The highest BCUT2D eigenvalue weighted by Gasteiger charge is 2.14. The Balaban J connectivity index is 2.97. The smallest absolute Gasteiger partial charge is 0.387 e. The summed E-state index contributed by atoms with van der Waals surface area (Å²) in [7, 11) is 1.38. The molecule has 0 aliphatic heterocycles. The number of carboxylic acid groups (broad SMARTS) is 1. The molecule has 1 N–H and O–H groups in total. The number of hydrogen-bond donors (Lipinski definition) is 1. The summed E-state index contributed by atoms with van der Waals surface area (Å²) in [5.74, 6) is -0.732. The third-order valence-electron chi connectivity index (χ3n) is 2.11.